The third-order valence-electron chi connectivity index (χ3n) is 1.28. The summed E-state index contributed by atoms with van der Waals surface area (Å²) in [5, 5.41) is 16.6. The standard InChI is InChI=1S/C5H7F3N2O4/c1-4(14,5(6,7)8)2(11)9-10-3(12)13/h10,14H,1H3,(H,9,11)(H,12,13). The minimum absolute atomic E-state index is 0.200. The van der Waals surface area contributed by atoms with Gasteiger partial charge in [0, 0.05) is 0 Å². The van der Waals surface area contributed by atoms with Crippen LogP contribution in [0.25, 0.3) is 0 Å². The van der Waals surface area contributed by atoms with Gasteiger partial charge >= 0.3 is 12.3 Å². The average molecular weight is 216 g/mol. The third-order valence-corrected chi connectivity index (χ3v) is 1.28. The van der Waals surface area contributed by atoms with E-state index in [2.05, 4.69) is 0 Å². The predicted octanol–water partition coefficient (Wildman–Crippen LogP) is -0.402. The van der Waals surface area contributed by atoms with Gasteiger partial charge in [0.15, 0.2) is 0 Å². The first-order valence-corrected chi connectivity index (χ1v) is 3.17. The quantitative estimate of drug-likeness (QED) is 0.448. The lowest BCUT2D eigenvalue weighted by molar-refractivity contribution is -0.245. The number of alkyl halides is 3. The first kappa shape index (κ1) is 12.5. The molecule has 0 aliphatic carbocycles. The van der Waals surface area contributed by atoms with Crippen LogP contribution in [0.15, 0.2) is 0 Å². The molecule has 0 aromatic carbocycles. The highest BCUT2D eigenvalue weighted by Gasteiger charge is 2.55. The molecule has 0 spiro atoms. The van der Waals surface area contributed by atoms with Crippen LogP contribution in [0, 0.1) is 0 Å². The van der Waals surface area contributed by atoms with E-state index in [9.17, 15) is 22.8 Å². The Hall–Kier alpha value is -1.51. The second-order valence-corrected chi connectivity index (χ2v) is 2.45. The zero-order chi connectivity index (χ0) is 11.6. The molecular weight excluding hydrogens is 209 g/mol. The van der Waals surface area contributed by atoms with Crippen molar-refractivity contribution in [2.45, 2.75) is 18.7 Å². The second kappa shape index (κ2) is 3.70. The van der Waals surface area contributed by atoms with Crippen molar-refractivity contribution < 1.29 is 33.0 Å². The van der Waals surface area contributed by atoms with E-state index >= 15 is 0 Å². The van der Waals surface area contributed by atoms with Gasteiger partial charge in [0.05, 0.1) is 0 Å². The molecule has 0 aromatic heterocycles. The van der Waals surface area contributed by atoms with Gasteiger partial charge < -0.3 is 10.2 Å². The molecule has 0 aromatic rings. The number of hydrogen-bond acceptors (Lipinski definition) is 3. The number of rotatable bonds is 1. The summed E-state index contributed by atoms with van der Waals surface area (Å²) in [6, 6.07) is 0. The molecule has 2 amide bonds. The maximum atomic E-state index is 11.9. The lowest BCUT2D eigenvalue weighted by Crippen LogP contribution is -2.58. The summed E-state index contributed by atoms with van der Waals surface area (Å²) in [4.78, 5) is 20.4. The summed E-state index contributed by atoms with van der Waals surface area (Å²) in [5.74, 6) is -1.91. The molecule has 1 unspecified atom stereocenters. The maximum absolute atomic E-state index is 11.9. The van der Waals surface area contributed by atoms with Crippen molar-refractivity contribution in [1.82, 2.24) is 10.9 Å². The molecule has 82 valence electrons. The van der Waals surface area contributed by atoms with E-state index < -0.39 is 23.8 Å². The zero-order valence-electron chi connectivity index (χ0n) is 6.84. The van der Waals surface area contributed by atoms with E-state index in [1.54, 1.807) is 0 Å². The molecule has 0 aliphatic rings. The van der Waals surface area contributed by atoms with Crippen LogP contribution in [0.2, 0.25) is 0 Å². The number of halogens is 3. The Morgan fingerprint density at radius 2 is 1.64 bits per heavy atom. The van der Waals surface area contributed by atoms with Crippen LogP contribution in [-0.2, 0) is 4.79 Å². The first-order valence-electron chi connectivity index (χ1n) is 3.17. The van der Waals surface area contributed by atoms with Gasteiger partial charge in [0.25, 0.3) is 5.91 Å². The Labute approximate surface area is 75.7 Å². The Morgan fingerprint density at radius 1 is 1.21 bits per heavy atom. The van der Waals surface area contributed by atoms with Crippen molar-refractivity contribution in [2.75, 3.05) is 0 Å². The smallest absolute Gasteiger partial charge is 0.426 e. The Bertz CT molecular complexity index is 250. The lowest BCUT2D eigenvalue weighted by atomic mass is 10.1. The van der Waals surface area contributed by atoms with E-state index in [1.807, 2.05) is 0 Å². The predicted molar refractivity (Wildman–Crippen MR) is 36.0 cm³/mol. The molecule has 4 N–H and O–H groups in total. The van der Waals surface area contributed by atoms with Crippen LogP contribution in [0.1, 0.15) is 6.92 Å². The Balaban J connectivity index is 4.45. The topological polar surface area (TPSA) is 98.7 Å². The molecule has 9 heteroatoms. The summed E-state index contributed by atoms with van der Waals surface area (Å²) < 4.78 is 35.8. The van der Waals surface area contributed by atoms with Crippen LogP contribution >= 0.6 is 0 Å². The molecule has 0 saturated heterocycles. The van der Waals surface area contributed by atoms with Crippen molar-refractivity contribution in [2.24, 2.45) is 0 Å². The average Bonchev–Trinajstić information content (AvgIpc) is 1.97. The van der Waals surface area contributed by atoms with Crippen molar-refractivity contribution in [3.05, 3.63) is 0 Å². The Kier molecular flexibility index (Phi) is 3.30. The van der Waals surface area contributed by atoms with Crippen molar-refractivity contribution in [3.8, 4) is 0 Å². The number of carbonyl (C=O) groups excluding carboxylic acids is 1. The zero-order valence-corrected chi connectivity index (χ0v) is 6.84. The van der Waals surface area contributed by atoms with E-state index in [-0.39, 0.29) is 6.92 Å². The number of hydrogen-bond donors (Lipinski definition) is 4. The second-order valence-electron chi connectivity index (χ2n) is 2.45. The first-order chi connectivity index (χ1) is 6.09. The molecule has 6 nitrogen and oxygen atoms in total. The fourth-order valence-electron chi connectivity index (χ4n) is 0.361. The van der Waals surface area contributed by atoms with E-state index in [0.29, 0.717) is 0 Å². The number of nitrogens with one attached hydrogen (secondary N) is 2. The third kappa shape index (κ3) is 2.76. The number of aliphatic hydroxyl groups is 1. The molecule has 0 rings (SSSR count). The van der Waals surface area contributed by atoms with Gasteiger partial charge in [-0.15, -0.1) is 0 Å². The van der Waals surface area contributed by atoms with Crippen LogP contribution in [-0.4, -0.2) is 34.0 Å². The fourth-order valence-corrected chi connectivity index (χ4v) is 0.361. The number of carboxylic acid groups (broad SMARTS) is 1. The van der Waals surface area contributed by atoms with Gasteiger partial charge in [-0.2, -0.15) is 13.2 Å². The molecule has 1 atom stereocenters. The van der Waals surface area contributed by atoms with Crippen LogP contribution < -0.4 is 10.9 Å². The van der Waals surface area contributed by atoms with E-state index in [0.717, 1.165) is 0 Å². The molecule has 0 aliphatic heterocycles. The van der Waals surface area contributed by atoms with Crippen molar-refractivity contribution in [3.63, 3.8) is 0 Å². The Morgan fingerprint density at radius 3 is 1.93 bits per heavy atom. The number of carbonyl (C=O) groups is 2. The van der Waals surface area contributed by atoms with Gasteiger partial charge in [-0.1, -0.05) is 0 Å². The van der Waals surface area contributed by atoms with Gasteiger partial charge in [-0.05, 0) is 6.92 Å². The van der Waals surface area contributed by atoms with Crippen molar-refractivity contribution in [1.29, 1.82) is 0 Å². The van der Waals surface area contributed by atoms with Crippen LogP contribution in [0.4, 0.5) is 18.0 Å². The van der Waals surface area contributed by atoms with E-state index in [4.69, 9.17) is 10.2 Å². The molecular formula is C5H7F3N2O4. The molecule has 0 radical (unpaired) electrons. The van der Waals surface area contributed by atoms with Gasteiger partial charge in [-0.25, -0.2) is 10.2 Å². The molecule has 0 saturated carbocycles. The summed E-state index contributed by atoms with van der Waals surface area (Å²) >= 11 is 0. The maximum Gasteiger partial charge on any atom is 0.426 e. The van der Waals surface area contributed by atoms with Gasteiger partial charge in [0.1, 0.15) is 0 Å². The minimum Gasteiger partial charge on any atom is -0.464 e. The summed E-state index contributed by atoms with van der Waals surface area (Å²) in [6.07, 6.45) is -6.94. The van der Waals surface area contributed by atoms with Crippen LogP contribution in [0.3, 0.4) is 0 Å². The highest BCUT2D eigenvalue weighted by atomic mass is 19.4. The molecule has 0 heterocycles. The monoisotopic (exact) mass is 216 g/mol. The summed E-state index contributed by atoms with van der Waals surface area (Å²) in [7, 11) is 0. The van der Waals surface area contributed by atoms with E-state index in [1.165, 1.54) is 10.9 Å². The highest BCUT2D eigenvalue weighted by molar-refractivity contribution is 5.86. The van der Waals surface area contributed by atoms with Gasteiger partial charge in [0.2, 0.25) is 5.60 Å². The molecule has 14 heavy (non-hydrogen) atoms. The fraction of sp³-hybridized carbons (Fsp3) is 0.600. The minimum atomic E-state index is -5.18. The molecule has 0 fully saturated rings. The largest absolute Gasteiger partial charge is 0.464 e. The number of hydrazine groups is 1. The summed E-state index contributed by atoms with van der Waals surface area (Å²) in [5.41, 5.74) is -1.29. The number of amides is 2. The lowest BCUT2D eigenvalue weighted by Gasteiger charge is -2.24. The van der Waals surface area contributed by atoms with Crippen LogP contribution in [0.5, 0.6) is 0 Å². The highest BCUT2D eigenvalue weighted by Crippen LogP contribution is 2.29. The molecule has 0 bridgehead atoms. The van der Waals surface area contributed by atoms with Gasteiger partial charge in [-0.3, -0.25) is 10.2 Å². The van der Waals surface area contributed by atoms with Crippen molar-refractivity contribution >= 4 is 12.0 Å². The SMILES string of the molecule is CC(O)(C(=O)NNC(=O)O)C(F)(F)F. The summed E-state index contributed by atoms with van der Waals surface area (Å²) in [6.45, 7) is 0.200. The normalized spacial score (nSPS) is 15.5.